The van der Waals surface area contributed by atoms with Crippen molar-refractivity contribution in [3.63, 3.8) is 0 Å². The molecule has 2 N–H and O–H groups in total. The number of hydrogen-bond acceptors (Lipinski definition) is 9. The summed E-state index contributed by atoms with van der Waals surface area (Å²) in [5, 5.41) is 19.7. The molecule has 0 aliphatic rings. The predicted octanol–water partition coefficient (Wildman–Crippen LogP) is 2.77. The number of carbonyl (C=O) groups is 1. The number of rotatable bonds is 8. The van der Waals surface area contributed by atoms with E-state index < -0.39 is 5.97 Å². The number of carbonyl (C=O) groups excluding carboxylic acids is 3. The minimum Gasteiger partial charge on any atom is -0.508 e. The van der Waals surface area contributed by atoms with Gasteiger partial charge in [-0.3, -0.25) is 0 Å². The molecule has 2 aromatic rings. The van der Waals surface area contributed by atoms with Crippen LogP contribution in [0.2, 0.25) is 0 Å². The summed E-state index contributed by atoms with van der Waals surface area (Å²) in [6, 6.07) is 6.13. The van der Waals surface area contributed by atoms with Crippen LogP contribution in [0.1, 0.15) is 27.9 Å². The third kappa shape index (κ3) is 6.72. The lowest BCUT2D eigenvalue weighted by Gasteiger charge is -2.14. The third-order valence-electron chi connectivity index (χ3n) is 3.98. The molecule has 0 saturated carbocycles. The van der Waals surface area contributed by atoms with E-state index in [0.717, 1.165) is 0 Å². The molecule has 0 unspecified atom stereocenters. The number of ether oxygens (including phenoxy) is 4. The number of benzene rings is 2. The molecule has 0 aromatic heterocycles. The normalized spacial score (nSPS) is 9.60. The first-order chi connectivity index (χ1) is 14.3. The van der Waals surface area contributed by atoms with Crippen molar-refractivity contribution in [3.05, 3.63) is 41.0 Å². The van der Waals surface area contributed by atoms with Gasteiger partial charge >= 0.3 is 12.1 Å². The Kier molecular flexibility index (Phi) is 9.72. The van der Waals surface area contributed by atoms with Crippen molar-refractivity contribution in [2.24, 2.45) is 0 Å². The second kappa shape index (κ2) is 12.0. The second-order valence-corrected chi connectivity index (χ2v) is 6.05. The Hall–Kier alpha value is -3.71. The standard InChI is InChI=1S/C20H24O7.CO2/c1-12-9-18(24-3)19(10-15(12)21)27-7-5-6-26-17-11-16(22)14(8-13(17)2)20(23)25-4;2-1-3/h8-11,21-22H,5-7H2,1-4H3;. The highest BCUT2D eigenvalue weighted by molar-refractivity contribution is 5.92. The maximum Gasteiger partial charge on any atom is 0.373 e. The van der Waals surface area contributed by atoms with Crippen molar-refractivity contribution in [1.82, 2.24) is 0 Å². The van der Waals surface area contributed by atoms with Gasteiger partial charge in [-0.05, 0) is 37.1 Å². The average molecular weight is 420 g/mol. The Labute approximate surface area is 173 Å². The lowest BCUT2D eigenvalue weighted by molar-refractivity contribution is -0.191. The van der Waals surface area contributed by atoms with E-state index >= 15 is 0 Å². The number of methoxy groups -OCH3 is 2. The van der Waals surface area contributed by atoms with Gasteiger partial charge in [0, 0.05) is 18.6 Å². The molecule has 9 nitrogen and oxygen atoms in total. The molecular formula is C21H24O9. The Morgan fingerprint density at radius 1 is 0.867 bits per heavy atom. The summed E-state index contributed by atoms with van der Waals surface area (Å²) in [5.41, 5.74) is 1.50. The molecule has 0 fully saturated rings. The van der Waals surface area contributed by atoms with Gasteiger partial charge in [-0.25, -0.2) is 4.79 Å². The van der Waals surface area contributed by atoms with E-state index in [1.165, 1.54) is 32.4 Å². The van der Waals surface area contributed by atoms with Gasteiger partial charge in [0.05, 0.1) is 27.4 Å². The fourth-order valence-corrected chi connectivity index (χ4v) is 2.45. The lowest BCUT2D eigenvalue weighted by Crippen LogP contribution is -2.07. The number of phenols is 2. The van der Waals surface area contributed by atoms with E-state index in [-0.39, 0.29) is 23.2 Å². The van der Waals surface area contributed by atoms with E-state index in [0.29, 0.717) is 48.0 Å². The molecule has 2 aromatic carbocycles. The predicted molar refractivity (Wildman–Crippen MR) is 104 cm³/mol. The van der Waals surface area contributed by atoms with Crippen LogP contribution in [0.3, 0.4) is 0 Å². The molecule has 0 heterocycles. The van der Waals surface area contributed by atoms with E-state index in [9.17, 15) is 15.0 Å². The highest BCUT2D eigenvalue weighted by atomic mass is 16.5. The van der Waals surface area contributed by atoms with Crippen molar-refractivity contribution in [3.8, 4) is 28.7 Å². The SMILES string of the molecule is COC(=O)c1cc(C)c(OCCCOc2cc(O)c(C)cc2OC)cc1O.O=C=O. The van der Waals surface area contributed by atoms with Crippen LogP contribution >= 0.6 is 0 Å². The zero-order valence-corrected chi connectivity index (χ0v) is 17.2. The summed E-state index contributed by atoms with van der Waals surface area (Å²) in [6.45, 7) is 4.25. The van der Waals surface area contributed by atoms with Crippen molar-refractivity contribution in [2.75, 3.05) is 27.4 Å². The summed E-state index contributed by atoms with van der Waals surface area (Å²) in [5.74, 6) is 0.816. The van der Waals surface area contributed by atoms with E-state index in [1.807, 2.05) is 0 Å². The Morgan fingerprint density at radius 2 is 1.43 bits per heavy atom. The van der Waals surface area contributed by atoms with Crippen LogP contribution in [0.5, 0.6) is 28.7 Å². The minimum atomic E-state index is -0.606. The van der Waals surface area contributed by atoms with Crippen LogP contribution in [0.4, 0.5) is 0 Å². The summed E-state index contributed by atoms with van der Waals surface area (Å²) in [7, 11) is 2.79. The van der Waals surface area contributed by atoms with Crippen molar-refractivity contribution in [2.45, 2.75) is 20.3 Å². The molecule has 0 amide bonds. The summed E-state index contributed by atoms with van der Waals surface area (Å²) in [4.78, 5) is 27.8. The minimum absolute atomic E-state index is 0.0944. The quantitative estimate of drug-likeness (QED) is 0.489. The maximum atomic E-state index is 11.6. The smallest absolute Gasteiger partial charge is 0.373 e. The topological polar surface area (TPSA) is 129 Å². The van der Waals surface area contributed by atoms with Crippen molar-refractivity contribution in [1.29, 1.82) is 0 Å². The highest BCUT2D eigenvalue weighted by Crippen LogP contribution is 2.34. The van der Waals surface area contributed by atoms with Crippen LogP contribution in [0.15, 0.2) is 24.3 Å². The molecule has 0 spiro atoms. The van der Waals surface area contributed by atoms with Gasteiger partial charge in [-0.2, -0.15) is 9.59 Å². The molecule has 0 aliphatic heterocycles. The van der Waals surface area contributed by atoms with Gasteiger partial charge in [-0.1, -0.05) is 0 Å². The Bertz CT molecular complexity index is 900. The van der Waals surface area contributed by atoms with Crippen LogP contribution in [0, 0.1) is 13.8 Å². The lowest BCUT2D eigenvalue weighted by atomic mass is 10.1. The second-order valence-electron chi connectivity index (χ2n) is 6.05. The van der Waals surface area contributed by atoms with Gasteiger partial charge in [0.2, 0.25) is 0 Å². The van der Waals surface area contributed by atoms with E-state index in [1.54, 1.807) is 19.9 Å². The Morgan fingerprint density at radius 3 is 2.00 bits per heavy atom. The summed E-state index contributed by atoms with van der Waals surface area (Å²) < 4.78 is 21.2. The maximum absolute atomic E-state index is 11.6. The molecule has 0 bridgehead atoms. The first-order valence-electron chi connectivity index (χ1n) is 8.83. The molecule has 162 valence electrons. The number of aryl methyl sites for hydroxylation is 2. The first-order valence-corrected chi connectivity index (χ1v) is 8.83. The zero-order chi connectivity index (χ0) is 22.7. The number of esters is 1. The molecule has 0 atom stereocenters. The van der Waals surface area contributed by atoms with Gasteiger partial charge in [-0.15, -0.1) is 0 Å². The third-order valence-corrected chi connectivity index (χ3v) is 3.98. The number of aromatic hydroxyl groups is 2. The largest absolute Gasteiger partial charge is 0.508 e. The Balaban J connectivity index is 0.00000141. The van der Waals surface area contributed by atoms with E-state index in [2.05, 4.69) is 4.74 Å². The molecule has 0 aliphatic carbocycles. The van der Waals surface area contributed by atoms with Gasteiger partial charge in [0.1, 0.15) is 22.8 Å². The molecular weight excluding hydrogens is 396 g/mol. The van der Waals surface area contributed by atoms with Gasteiger partial charge in [0.25, 0.3) is 0 Å². The molecule has 2 rings (SSSR count). The molecule has 30 heavy (non-hydrogen) atoms. The monoisotopic (exact) mass is 420 g/mol. The fourth-order valence-electron chi connectivity index (χ4n) is 2.45. The van der Waals surface area contributed by atoms with Crippen molar-refractivity contribution < 1.29 is 43.5 Å². The van der Waals surface area contributed by atoms with Crippen LogP contribution in [-0.2, 0) is 14.3 Å². The highest BCUT2D eigenvalue weighted by Gasteiger charge is 2.15. The van der Waals surface area contributed by atoms with Gasteiger partial charge < -0.3 is 29.2 Å². The fraction of sp³-hybridized carbons (Fsp3) is 0.333. The van der Waals surface area contributed by atoms with Crippen LogP contribution in [0.25, 0.3) is 0 Å². The van der Waals surface area contributed by atoms with Crippen LogP contribution in [-0.4, -0.2) is 49.8 Å². The summed E-state index contributed by atoms with van der Waals surface area (Å²) in [6.07, 6.45) is 0.816. The number of phenolic OH excluding ortho intramolecular Hbond substituents is 2. The van der Waals surface area contributed by atoms with Crippen molar-refractivity contribution >= 4 is 12.1 Å². The summed E-state index contributed by atoms with van der Waals surface area (Å²) >= 11 is 0. The zero-order valence-electron chi connectivity index (χ0n) is 17.2. The number of hydrogen-bond donors (Lipinski definition) is 2. The van der Waals surface area contributed by atoms with Gasteiger partial charge in [0.15, 0.2) is 11.5 Å². The van der Waals surface area contributed by atoms with Crippen LogP contribution < -0.4 is 14.2 Å². The van der Waals surface area contributed by atoms with E-state index in [4.69, 9.17) is 23.8 Å². The molecule has 0 radical (unpaired) electrons. The average Bonchev–Trinajstić information content (AvgIpc) is 2.72. The first kappa shape index (κ1) is 24.3. The molecule has 0 saturated heterocycles. The molecule has 9 heteroatoms.